The molecule has 0 atom stereocenters. The lowest BCUT2D eigenvalue weighted by molar-refractivity contribution is 0.175. The number of fused-ring (bicyclic) bond motifs is 1. The molecule has 0 saturated carbocycles. The highest BCUT2D eigenvalue weighted by Crippen LogP contribution is 2.29. The summed E-state index contributed by atoms with van der Waals surface area (Å²) in [4.78, 5) is 2.56. The Morgan fingerprint density at radius 3 is 2.44 bits per heavy atom. The van der Waals surface area contributed by atoms with Gasteiger partial charge in [0, 0.05) is 37.6 Å². The lowest BCUT2D eigenvalue weighted by Crippen LogP contribution is -2.38. The van der Waals surface area contributed by atoms with Gasteiger partial charge in [0.25, 0.3) is 0 Å². The van der Waals surface area contributed by atoms with Gasteiger partial charge in [-0.25, -0.2) is 0 Å². The SMILES string of the molecule is CC(C)N1CCn2ccc(C(C)(C)C)c2C1. The summed E-state index contributed by atoms with van der Waals surface area (Å²) in [6, 6.07) is 2.95. The Morgan fingerprint density at radius 1 is 1.19 bits per heavy atom. The molecule has 1 aliphatic rings. The van der Waals surface area contributed by atoms with Crippen LogP contribution in [0.25, 0.3) is 0 Å². The molecule has 1 aromatic rings. The Balaban J connectivity index is 2.32. The fourth-order valence-corrected chi connectivity index (χ4v) is 2.52. The molecule has 2 nitrogen and oxygen atoms in total. The van der Waals surface area contributed by atoms with Gasteiger partial charge in [-0.15, -0.1) is 0 Å². The van der Waals surface area contributed by atoms with E-state index >= 15 is 0 Å². The Bertz CT molecular complexity index is 369. The van der Waals surface area contributed by atoms with Crippen molar-refractivity contribution in [2.45, 2.75) is 59.2 Å². The normalized spacial score (nSPS) is 17.9. The monoisotopic (exact) mass is 220 g/mol. The number of nitrogens with zero attached hydrogens (tertiary/aromatic N) is 2. The van der Waals surface area contributed by atoms with Gasteiger partial charge in [0.05, 0.1) is 0 Å². The standard InChI is InChI=1S/C14H24N2/c1-11(2)16-9-8-15-7-6-12(13(15)10-16)14(3,4)5/h6-7,11H,8-10H2,1-5H3. The van der Waals surface area contributed by atoms with Crippen LogP contribution in [-0.4, -0.2) is 22.1 Å². The second-order valence-electron chi connectivity index (χ2n) is 6.18. The van der Waals surface area contributed by atoms with E-state index in [9.17, 15) is 0 Å². The van der Waals surface area contributed by atoms with E-state index in [1.165, 1.54) is 17.8 Å². The molecule has 90 valence electrons. The predicted octanol–water partition coefficient (Wildman–Crippen LogP) is 3.01. The van der Waals surface area contributed by atoms with Crippen LogP contribution in [-0.2, 0) is 18.5 Å². The molecular weight excluding hydrogens is 196 g/mol. The molecule has 0 spiro atoms. The maximum Gasteiger partial charge on any atom is 0.0393 e. The second-order valence-corrected chi connectivity index (χ2v) is 6.18. The molecule has 16 heavy (non-hydrogen) atoms. The van der Waals surface area contributed by atoms with Gasteiger partial charge in [0.1, 0.15) is 0 Å². The average Bonchev–Trinajstić information content (AvgIpc) is 2.58. The van der Waals surface area contributed by atoms with Crippen LogP contribution < -0.4 is 0 Å². The van der Waals surface area contributed by atoms with E-state index < -0.39 is 0 Å². The number of hydrogen-bond acceptors (Lipinski definition) is 1. The number of aromatic nitrogens is 1. The molecule has 0 saturated heterocycles. The van der Waals surface area contributed by atoms with Crippen LogP contribution in [0.4, 0.5) is 0 Å². The summed E-state index contributed by atoms with van der Waals surface area (Å²) in [5.74, 6) is 0. The summed E-state index contributed by atoms with van der Waals surface area (Å²) < 4.78 is 2.43. The first-order chi connectivity index (χ1) is 7.39. The number of hydrogen-bond donors (Lipinski definition) is 0. The van der Waals surface area contributed by atoms with E-state index in [1.807, 2.05) is 0 Å². The first-order valence-electron chi connectivity index (χ1n) is 6.32. The lowest BCUT2D eigenvalue weighted by Gasteiger charge is -2.34. The van der Waals surface area contributed by atoms with Crippen LogP contribution in [0.2, 0.25) is 0 Å². The minimum atomic E-state index is 0.264. The van der Waals surface area contributed by atoms with Gasteiger partial charge in [-0.05, 0) is 30.9 Å². The smallest absolute Gasteiger partial charge is 0.0393 e. The molecule has 2 rings (SSSR count). The molecule has 0 N–H and O–H groups in total. The zero-order chi connectivity index (χ0) is 11.9. The Morgan fingerprint density at radius 2 is 1.88 bits per heavy atom. The zero-order valence-electron chi connectivity index (χ0n) is 11.2. The molecule has 1 aromatic heterocycles. The molecule has 0 bridgehead atoms. The van der Waals surface area contributed by atoms with Crippen molar-refractivity contribution in [2.75, 3.05) is 6.54 Å². The molecule has 2 heterocycles. The van der Waals surface area contributed by atoms with E-state index in [1.54, 1.807) is 0 Å². The summed E-state index contributed by atoms with van der Waals surface area (Å²) in [5.41, 5.74) is 3.30. The highest BCUT2D eigenvalue weighted by Gasteiger charge is 2.25. The van der Waals surface area contributed by atoms with Gasteiger partial charge in [-0.1, -0.05) is 20.8 Å². The summed E-state index contributed by atoms with van der Waals surface area (Å²) in [5, 5.41) is 0. The Kier molecular flexibility index (Phi) is 2.87. The molecule has 0 amide bonds. The third-order valence-electron chi connectivity index (χ3n) is 3.60. The van der Waals surface area contributed by atoms with Crippen LogP contribution in [0.1, 0.15) is 45.9 Å². The summed E-state index contributed by atoms with van der Waals surface area (Å²) in [6.07, 6.45) is 2.26. The molecular formula is C14H24N2. The molecule has 0 aromatic carbocycles. The van der Waals surface area contributed by atoms with E-state index in [4.69, 9.17) is 0 Å². The molecule has 2 heteroatoms. The molecule has 0 fully saturated rings. The quantitative estimate of drug-likeness (QED) is 0.706. The average molecular weight is 220 g/mol. The van der Waals surface area contributed by atoms with Crippen molar-refractivity contribution in [3.8, 4) is 0 Å². The van der Waals surface area contributed by atoms with Gasteiger partial charge in [0.2, 0.25) is 0 Å². The minimum Gasteiger partial charge on any atom is -0.349 e. The van der Waals surface area contributed by atoms with Crippen molar-refractivity contribution < 1.29 is 0 Å². The van der Waals surface area contributed by atoms with Gasteiger partial charge in [-0.2, -0.15) is 0 Å². The van der Waals surface area contributed by atoms with Crippen molar-refractivity contribution >= 4 is 0 Å². The maximum atomic E-state index is 2.56. The van der Waals surface area contributed by atoms with E-state index in [-0.39, 0.29) is 5.41 Å². The summed E-state index contributed by atoms with van der Waals surface area (Å²) in [7, 11) is 0. The summed E-state index contributed by atoms with van der Waals surface area (Å²) in [6.45, 7) is 14.9. The van der Waals surface area contributed by atoms with Crippen molar-refractivity contribution in [1.82, 2.24) is 9.47 Å². The Labute approximate surface area is 99.3 Å². The predicted molar refractivity (Wildman–Crippen MR) is 68.7 cm³/mol. The van der Waals surface area contributed by atoms with Crippen LogP contribution in [0, 0.1) is 0 Å². The van der Waals surface area contributed by atoms with Crippen molar-refractivity contribution in [3.63, 3.8) is 0 Å². The third-order valence-corrected chi connectivity index (χ3v) is 3.60. The lowest BCUT2D eigenvalue weighted by atomic mass is 9.86. The van der Waals surface area contributed by atoms with Crippen molar-refractivity contribution in [1.29, 1.82) is 0 Å². The molecule has 0 unspecified atom stereocenters. The summed E-state index contributed by atoms with van der Waals surface area (Å²) >= 11 is 0. The third kappa shape index (κ3) is 2.03. The fourth-order valence-electron chi connectivity index (χ4n) is 2.52. The van der Waals surface area contributed by atoms with Crippen LogP contribution in [0.5, 0.6) is 0 Å². The molecule has 0 radical (unpaired) electrons. The van der Waals surface area contributed by atoms with Gasteiger partial charge in [-0.3, -0.25) is 4.90 Å². The fraction of sp³-hybridized carbons (Fsp3) is 0.714. The molecule has 0 aliphatic carbocycles. The highest BCUT2D eigenvalue weighted by atomic mass is 15.2. The van der Waals surface area contributed by atoms with E-state index in [0.29, 0.717) is 6.04 Å². The van der Waals surface area contributed by atoms with Crippen LogP contribution >= 0.6 is 0 Å². The largest absolute Gasteiger partial charge is 0.349 e. The topological polar surface area (TPSA) is 8.17 Å². The first-order valence-corrected chi connectivity index (χ1v) is 6.32. The van der Waals surface area contributed by atoms with E-state index in [2.05, 4.69) is 56.3 Å². The maximum absolute atomic E-state index is 2.56. The van der Waals surface area contributed by atoms with Gasteiger partial charge < -0.3 is 4.57 Å². The second kappa shape index (κ2) is 3.92. The zero-order valence-corrected chi connectivity index (χ0v) is 11.2. The van der Waals surface area contributed by atoms with Gasteiger partial charge in [0.15, 0.2) is 0 Å². The van der Waals surface area contributed by atoms with Crippen LogP contribution in [0.3, 0.4) is 0 Å². The Hall–Kier alpha value is -0.760. The molecule has 1 aliphatic heterocycles. The van der Waals surface area contributed by atoms with Crippen molar-refractivity contribution in [2.24, 2.45) is 0 Å². The minimum absolute atomic E-state index is 0.264. The highest BCUT2D eigenvalue weighted by molar-refractivity contribution is 5.30. The van der Waals surface area contributed by atoms with E-state index in [0.717, 1.165) is 13.1 Å². The first kappa shape index (κ1) is 11.7. The number of rotatable bonds is 1. The van der Waals surface area contributed by atoms with Crippen molar-refractivity contribution in [3.05, 3.63) is 23.5 Å². The van der Waals surface area contributed by atoms with Crippen LogP contribution in [0.15, 0.2) is 12.3 Å². The van der Waals surface area contributed by atoms with Gasteiger partial charge >= 0.3 is 0 Å².